The van der Waals surface area contributed by atoms with Crippen molar-refractivity contribution in [3.63, 3.8) is 0 Å². The van der Waals surface area contributed by atoms with Crippen LogP contribution < -0.4 is 4.74 Å². The summed E-state index contributed by atoms with van der Waals surface area (Å²) in [5.41, 5.74) is 1.47. The second kappa shape index (κ2) is 5.72. The molecular weight excluding hydrogens is 286 g/mol. The third-order valence-corrected chi connectivity index (χ3v) is 3.74. The summed E-state index contributed by atoms with van der Waals surface area (Å²) < 4.78 is 5.32. The van der Waals surface area contributed by atoms with E-state index >= 15 is 0 Å². The van der Waals surface area contributed by atoms with Crippen molar-refractivity contribution in [1.29, 1.82) is 0 Å². The number of rotatable bonds is 3. The van der Waals surface area contributed by atoms with Gasteiger partial charge in [-0.1, -0.05) is 35.9 Å². The van der Waals surface area contributed by atoms with Crippen molar-refractivity contribution in [2.45, 2.75) is 6.10 Å². The number of pyridine rings is 1. The molecule has 1 atom stereocenters. The molecule has 0 saturated carbocycles. The zero-order valence-corrected chi connectivity index (χ0v) is 12.2. The Kier molecular flexibility index (Phi) is 3.78. The second-order valence-electron chi connectivity index (χ2n) is 4.73. The van der Waals surface area contributed by atoms with E-state index in [1.54, 1.807) is 37.7 Å². The molecule has 4 heteroatoms. The van der Waals surface area contributed by atoms with Gasteiger partial charge < -0.3 is 9.84 Å². The minimum atomic E-state index is -0.801. The zero-order chi connectivity index (χ0) is 14.8. The summed E-state index contributed by atoms with van der Waals surface area (Å²) in [4.78, 5) is 4.14. The highest BCUT2D eigenvalue weighted by atomic mass is 35.5. The van der Waals surface area contributed by atoms with Crippen molar-refractivity contribution in [2.75, 3.05) is 7.11 Å². The molecule has 0 saturated heterocycles. The van der Waals surface area contributed by atoms with E-state index < -0.39 is 6.10 Å². The molecule has 1 aromatic heterocycles. The van der Waals surface area contributed by atoms with E-state index in [-0.39, 0.29) is 0 Å². The summed E-state index contributed by atoms with van der Waals surface area (Å²) in [6, 6.07) is 12.9. The van der Waals surface area contributed by atoms with Crippen LogP contribution in [0, 0.1) is 0 Å². The molecule has 0 amide bonds. The van der Waals surface area contributed by atoms with Gasteiger partial charge in [0, 0.05) is 28.4 Å². The first-order chi connectivity index (χ1) is 10.2. The normalized spacial score (nSPS) is 12.3. The molecule has 0 aliphatic heterocycles. The number of aliphatic hydroxyl groups excluding tert-OH is 1. The summed E-state index contributed by atoms with van der Waals surface area (Å²) in [5, 5.41) is 13.3. The maximum Gasteiger partial charge on any atom is 0.126 e. The van der Waals surface area contributed by atoms with Crippen LogP contribution in [0.15, 0.2) is 54.9 Å². The second-order valence-corrected chi connectivity index (χ2v) is 5.17. The Hall–Kier alpha value is -2.10. The number of hydrogen-bond donors (Lipinski definition) is 1. The molecule has 1 unspecified atom stereocenters. The molecule has 0 aliphatic carbocycles. The van der Waals surface area contributed by atoms with E-state index in [0.29, 0.717) is 16.3 Å². The van der Waals surface area contributed by atoms with Gasteiger partial charge in [-0.05, 0) is 29.1 Å². The molecular formula is C17H14ClNO2. The molecule has 3 rings (SSSR count). The molecule has 0 fully saturated rings. The first-order valence-electron chi connectivity index (χ1n) is 6.55. The minimum Gasteiger partial charge on any atom is -0.496 e. The van der Waals surface area contributed by atoms with Crippen LogP contribution >= 0.6 is 11.6 Å². The molecule has 21 heavy (non-hydrogen) atoms. The average Bonchev–Trinajstić information content (AvgIpc) is 2.53. The lowest BCUT2D eigenvalue weighted by molar-refractivity contribution is 0.216. The predicted molar refractivity (Wildman–Crippen MR) is 83.8 cm³/mol. The first kappa shape index (κ1) is 13.9. The van der Waals surface area contributed by atoms with Gasteiger partial charge in [-0.25, -0.2) is 0 Å². The molecule has 2 aromatic carbocycles. The number of halogens is 1. The van der Waals surface area contributed by atoms with Gasteiger partial charge in [-0.3, -0.25) is 4.98 Å². The Balaban J connectivity index is 2.15. The fourth-order valence-electron chi connectivity index (χ4n) is 2.45. The fourth-order valence-corrected chi connectivity index (χ4v) is 2.62. The standard InChI is InChI=1S/C17H14ClNO2/c1-21-16-9-12(18)5-6-14(16)17(20)13-4-2-3-11-7-8-19-10-15(11)13/h2-10,17,20H,1H3. The predicted octanol–water partition coefficient (Wildman–Crippen LogP) is 3.98. The van der Waals surface area contributed by atoms with Crippen molar-refractivity contribution >= 4 is 22.4 Å². The molecule has 3 aromatic rings. The van der Waals surface area contributed by atoms with Gasteiger partial charge in [0.25, 0.3) is 0 Å². The quantitative estimate of drug-likeness (QED) is 0.795. The van der Waals surface area contributed by atoms with Crippen molar-refractivity contribution in [2.24, 2.45) is 0 Å². The molecule has 0 aliphatic rings. The van der Waals surface area contributed by atoms with Crippen LogP contribution in [-0.2, 0) is 0 Å². The fraction of sp³-hybridized carbons (Fsp3) is 0.118. The van der Waals surface area contributed by atoms with E-state index in [1.807, 2.05) is 24.3 Å². The monoisotopic (exact) mass is 299 g/mol. The van der Waals surface area contributed by atoms with Crippen molar-refractivity contribution in [1.82, 2.24) is 4.98 Å². The zero-order valence-electron chi connectivity index (χ0n) is 11.5. The topological polar surface area (TPSA) is 42.4 Å². The number of methoxy groups -OCH3 is 1. The number of ether oxygens (including phenoxy) is 1. The van der Waals surface area contributed by atoms with Crippen LogP contribution in [0.3, 0.4) is 0 Å². The Bertz CT molecular complexity index is 783. The summed E-state index contributed by atoms with van der Waals surface area (Å²) in [7, 11) is 1.56. The molecule has 0 radical (unpaired) electrons. The summed E-state index contributed by atoms with van der Waals surface area (Å²) in [5.74, 6) is 0.566. The van der Waals surface area contributed by atoms with Gasteiger partial charge in [0.05, 0.1) is 7.11 Å². The smallest absolute Gasteiger partial charge is 0.126 e. The van der Waals surface area contributed by atoms with Crippen molar-refractivity contribution < 1.29 is 9.84 Å². The van der Waals surface area contributed by atoms with E-state index in [2.05, 4.69) is 4.98 Å². The summed E-state index contributed by atoms with van der Waals surface area (Å²) in [6.45, 7) is 0. The maximum atomic E-state index is 10.7. The van der Waals surface area contributed by atoms with E-state index in [0.717, 1.165) is 16.3 Å². The number of nitrogens with zero attached hydrogens (tertiary/aromatic N) is 1. The van der Waals surface area contributed by atoms with Crippen LogP contribution in [-0.4, -0.2) is 17.2 Å². The minimum absolute atomic E-state index is 0.566. The lowest BCUT2D eigenvalue weighted by atomic mass is 9.96. The Morgan fingerprint density at radius 3 is 2.81 bits per heavy atom. The van der Waals surface area contributed by atoms with E-state index in [1.165, 1.54) is 0 Å². The van der Waals surface area contributed by atoms with Gasteiger partial charge in [0.1, 0.15) is 11.9 Å². The highest BCUT2D eigenvalue weighted by molar-refractivity contribution is 6.30. The molecule has 0 bridgehead atoms. The Morgan fingerprint density at radius 2 is 2.00 bits per heavy atom. The summed E-state index contributed by atoms with van der Waals surface area (Å²) >= 11 is 5.97. The Labute approximate surface area is 127 Å². The lowest BCUT2D eigenvalue weighted by Gasteiger charge is -2.17. The number of hydrogen-bond acceptors (Lipinski definition) is 3. The van der Waals surface area contributed by atoms with E-state index in [4.69, 9.17) is 16.3 Å². The molecule has 3 nitrogen and oxygen atoms in total. The number of benzene rings is 2. The van der Waals surface area contributed by atoms with Gasteiger partial charge in [-0.15, -0.1) is 0 Å². The lowest BCUT2D eigenvalue weighted by Crippen LogP contribution is -2.03. The van der Waals surface area contributed by atoms with Crippen LogP contribution in [0.5, 0.6) is 5.75 Å². The highest BCUT2D eigenvalue weighted by Crippen LogP contribution is 2.34. The molecule has 106 valence electrons. The van der Waals surface area contributed by atoms with Gasteiger partial charge >= 0.3 is 0 Å². The average molecular weight is 300 g/mol. The largest absolute Gasteiger partial charge is 0.496 e. The highest BCUT2D eigenvalue weighted by Gasteiger charge is 2.18. The third kappa shape index (κ3) is 2.58. The number of fused-ring (bicyclic) bond motifs is 1. The van der Waals surface area contributed by atoms with Crippen LogP contribution in [0.1, 0.15) is 17.2 Å². The van der Waals surface area contributed by atoms with Gasteiger partial charge in [0.15, 0.2) is 0 Å². The Morgan fingerprint density at radius 1 is 1.14 bits per heavy atom. The molecule has 0 spiro atoms. The van der Waals surface area contributed by atoms with Gasteiger partial charge in [-0.2, -0.15) is 0 Å². The SMILES string of the molecule is COc1cc(Cl)ccc1C(O)c1cccc2ccncc12. The first-order valence-corrected chi connectivity index (χ1v) is 6.92. The summed E-state index contributed by atoms with van der Waals surface area (Å²) in [6.07, 6.45) is 2.70. The third-order valence-electron chi connectivity index (χ3n) is 3.50. The van der Waals surface area contributed by atoms with Crippen LogP contribution in [0.4, 0.5) is 0 Å². The van der Waals surface area contributed by atoms with Crippen molar-refractivity contribution in [3.8, 4) is 5.75 Å². The maximum absolute atomic E-state index is 10.7. The van der Waals surface area contributed by atoms with Crippen LogP contribution in [0.25, 0.3) is 10.8 Å². The van der Waals surface area contributed by atoms with Gasteiger partial charge in [0.2, 0.25) is 0 Å². The molecule has 1 N–H and O–H groups in total. The number of aromatic nitrogens is 1. The van der Waals surface area contributed by atoms with Crippen molar-refractivity contribution in [3.05, 3.63) is 71.0 Å². The molecule has 1 heterocycles. The number of aliphatic hydroxyl groups is 1. The van der Waals surface area contributed by atoms with Crippen LogP contribution in [0.2, 0.25) is 5.02 Å². The van der Waals surface area contributed by atoms with E-state index in [9.17, 15) is 5.11 Å².